The standard InChI is InChI=1S/C19H32BN3O5/c1-17(2,3)26-16(24)23-8-9-25-13-15(23)12-22-11-14(10-21-22)20-27-18(4,5)19(6,7)28-20/h10-11,15H,8-9,12-13H2,1-7H3. The molecule has 2 aliphatic heterocycles. The van der Waals surface area contributed by atoms with E-state index in [-0.39, 0.29) is 12.1 Å². The maximum atomic E-state index is 12.6. The Morgan fingerprint density at radius 3 is 2.54 bits per heavy atom. The zero-order valence-corrected chi connectivity index (χ0v) is 18.0. The van der Waals surface area contributed by atoms with E-state index in [0.717, 1.165) is 5.46 Å². The molecular weight excluding hydrogens is 361 g/mol. The molecule has 1 aromatic rings. The highest BCUT2D eigenvalue weighted by Crippen LogP contribution is 2.36. The predicted molar refractivity (Wildman–Crippen MR) is 105 cm³/mol. The number of carbonyl (C=O) groups excluding carboxylic acids is 1. The van der Waals surface area contributed by atoms with Gasteiger partial charge < -0.3 is 18.8 Å². The summed E-state index contributed by atoms with van der Waals surface area (Å²) >= 11 is 0. The average Bonchev–Trinajstić information content (AvgIpc) is 3.08. The minimum Gasteiger partial charge on any atom is -0.444 e. The van der Waals surface area contributed by atoms with Gasteiger partial charge in [-0.2, -0.15) is 5.10 Å². The molecule has 1 aromatic heterocycles. The number of aromatic nitrogens is 2. The van der Waals surface area contributed by atoms with Gasteiger partial charge in [0.1, 0.15) is 5.60 Å². The molecule has 28 heavy (non-hydrogen) atoms. The molecule has 0 aromatic carbocycles. The maximum absolute atomic E-state index is 12.6. The molecule has 1 unspecified atom stereocenters. The van der Waals surface area contributed by atoms with Crippen LogP contribution in [-0.2, 0) is 25.3 Å². The first-order valence-electron chi connectivity index (χ1n) is 9.83. The molecule has 0 bridgehead atoms. The van der Waals surface area contributed by atoms with Gasteiger partial charge in [-0.3, -0.25) is 9.58 Å². The Morgan fingerprint density at radius 2 is 1.93 bits per heavy atom. The molecule has 1 atom stereocenters. The first-order chi connectivity index (χ1) is 12.9. The van der Waals surface area contributed by atoms with E-state index in [1.165, 1.54) is 0 Å². The fourth-order valence-corrected chi connectivity index (χ4v) is 3.16. The summed E-state index contributed by atoms with van der Waals surface area (Å²) in [4.78, 5) is 14.3. The SMILES string of the molecule is CC(C)(C)OC(=O)N1CCOCC1Cn1cc(B2OC(C)(C)C(C)(C)O2)cn1. The van der Waals surface area contributed by atoms with Crippen molar-refractivity contribution >= 4 is 18.7 Å². The van der Waals surface area contributed by atoms with Crippen molar-refractivity contribution in [2.75, 3.05) is 19.8 Å². The highest BCUT2D eigenvalue weighted by molar-refractivity contribution is 6.61. The third-order valence-electron chi connectivity index (χ3n) is 5.43. The highest BCUT2D eigenvalue weighted by Gasteiger charge is 2.52. The normalized spacial score (nSPS) is 24.5. The molecule has 0 aliphatic carbocycles. The smallest absolute Gasteiger partial charge is 0.444 e. The van der Waals surface area contributed by atoms with E-state index >= 15 is 0 Å². The van der Waals surface area contributed by atoms with E-state index in [2.05, 4.69) is 5.10 Å². The number of morpholine rings is 1. The number of amides is 1. The Labute approximate surface area is 167 Å². The van der Waals surface area contributed by atoms with Gasteiger partial charge >= 0.3 is 13.2 Å². The van der Waals surface area contributed by atoms with Crippen molar-refractivity contribution in [3.8, 4) is 0 Å². The molecule has 1 amide bonds. The lowest BCUT2D eigenvalue weighted by Crippen LogP contribution is -2.52. The van der Waals surface area contributed by atoms with Crippen molar-refractivity contribution < 1.29 is 23.6 Å². The number of ether oxygens (including phenoxy) is 2. The van der Waals surface area contributed by atoms with Crippen molar-refractivity contribution in [3.63, 3.8) is 0 Å². The quantitative estimate of drug-likeness (QED) is 0.730. The van der Waals surface area contributed by atoms with Crippen LogP contribution < -0.4 is 5.46 Å². The van der Waals surface area contributed by atoms with Crippen molar-refractivity contribution in [2.45, 2.75) is 77.9 Å². The largest absolute Gasteiger partial charge is 0.498 e. The van der Waals surface area contributed by atoms with Crippen LogP contribution in [0.25, 0.3) is 0 Å². The van der Waals surface area contributed by atoms with Gasteiger partial charge in [0, 0.05) is 24.4 Å². The number of nitrogens with zero attached hydrogens (tertiary/aromatic N) is 3. The summed E-state index contributed by atoms with van der Waals surface area (Å²) in [5.74, 6) is 0. The van der Waals surface area contributed by atoms with Gasteiger partial charge in [0.05, 0.1) is 37.0 Å². The molecule has 0 spiro atoms. The zero-order valence-electron chi connectivity index (χ0n) is 18.0. The van der Waals surface area contributed by atoms with E-state index in [0.29, 0.717) is 26.3 Å². The summed E-state index contributed by atoms with van der Waals surface area (Å²) < 4.78 is 25.1. The van der Waals surface area contributed by atoms with E-state index in [1.807, 2.05) is 54.7 Å². The van der Waals surface area contributed by atoms with Crippen LogP contribution >= 0.6 is 0 Å². The predicted octanol–water partition coefficient (Wildman–Crippen LogP) is 1.82. The van der Waals surface area contributed by atoms with Gasteiger partial charge in [-0.1, -0.05) is 0 Å². The maximum Gasteiger partial charge on any atom is 0.498 e. The lowest BCUT2D eigenvalue weighted by Gasteiger charge is -2.36. The van der Waals surface area contributed by atoms with Crippen molar-refractivity contribution in [1.82, 2.24) is 14.7 Å². The Hall–Kier alpha value is -1.58. The second-order valence-corrected chi connectivity index (χ2v) is 9.49. The second-order valence-electron chi connectivity index (χ2n) is 9.49. The molecule has 3 heterocycles. The number of rotatable bonds is 3. The topological polar surface area (TPSA) is 75.0 Å². The minimum atomic E-state index is -0.532. The Morgan fingerprint density at radius 1 is 1.29 bits per heavy atom. The lowest BCUT2D eigenvalue weighted by molar-refractivity contribution is -0.0365. The number of hydrogen-bond acceptors (Lipinski definition) is 6. The molecule has 9 heteroatoms. The van der Waals surface area contributed by atoms with Gasteiger partial charge in [-0.05, 0) is 48.5 Å². The Kier molecular flexibility index (Phi) is 5.55. The van der Waals surface area contributed by atoms with Crippen molar-refractivity contribution in [1.29, 1.82) is 0 Å². The molecule has 0 saturated carbocycles. The van der Waals surface area contributed by atoms with Crippen LogP contribution in [0.5, 0.6) is 0 Å². The third-order valence-corrected chi connectivity index (χ3v) is 5.43. The minimum absolute atomic E-state index is 0.144. The lowest BCUT2D eigenvalue weighted by atomic mass is 9.82. The molecule has 2 saturated heterocycles. The molecular formula is C19H32BN3O5. The van der Waals surface area contributed by atoms with E-state index in [1.54, 1.807) is 15.8 Å². The van der Waals surface area contributed by atoms with E-state index < -0.39 is 23.9 Å². The van der Waals surface area contributed by atoms with Crippen molar-refractivity contribution in [3.05, 3.63) is 12.4 Å². The summed E-state index contributed by atoms with van der Waals surface area (Å²) in [6, 6.07) is -0.144. The van der Waals surface area contributed by atoms with Gasteiger partial charge in [0.2, 0.25) is 0 Å². The van der Waals surface area contributed by atoms with Crippen LogP contribution in [0.1, 0.15) is 48.5 Å². The first kappa shape index (κ1) is 21.1. The Bertz CT molecular complexity index is 697. The second kappa shape index (κ2) is 7.35. The molecule has 0 radical (unpaired) electrons. The highest BCUT2D eigenvalue weighted by atomic mass is 16.7. The number of carbonyl (C=O) groups is 1. The molecule has 2 fully saturated rings. The van der Waals surface area contributed by atoms with Crippen LogP contribution in [0.4, 0.5) is 4.79 Å². The summed E-state index contributed by atoms with van der Waals surface area (Å²) in [6.07, 6.45) is 3.34. The fourth-order valence-electron chi connectivity index (χ4n) is 3.16. The van der Waals surface area contributed by atoms with Crippen LogP contribution in [0, 0.1) is 0 Å². The Balaban J connectivity index is 1.67. The molecule has 0 N–H and O–H groups in total. The first-order valence-corrected chi connectivity index (χ1v) is 9.83. The summed E-state index contributed by atoms with van der Waals surface area (Å²) in [5, 5.41) is 4.44. The zero-order chi connectivity index (χ0) is 20.7. The molecule has 8 nitrogen and oxygen atoms in total. The van der Waals surface area contributed by atoms with Gasteiger partial charge in [0.25, 0.3) is 0 Å². The van der Waals surface area contributed by atoms with Gasteiger partial charge in [-0.25, -0.2) is 4.79 Å². The van der Waals surface area contributed by atoms with Crippen LogP contribution in [0.2, 0.25) is 0 Å². The summed E-state index contributed by atoms with van der Waals surface area (Å²) in [6.45, 7) is 15.7. The van der Waals surface area contributed by atoms with Gasteiger partial charge in [-0.15, -0.1) is 0 Å². The average molecular weight is 393 g/mol. The molecule has 3 rings (SSSR count). The third kappa shape index (κ3) is 4.52. The summed E-state index contributed by atoms with van der Waals surface area (Å²) in [5.41, 5.74) is -0.468. The molecule has 2 aliphatic rings. The monoisotopic (exact) mass is 393 g/mol. The van der Waals surface area contributed by atoms with Crippen LogP contribution in [-0.4, -0.2) is 70.5 Å². The van der Waals surface area contributed by atoms with Crippen LogP contribution in [0.3, 0.4) is 0 Å². The number of hydrogen-bond donors (Lipinski definition) is 0. The van der Waals surface area contributed by atoms with Gasteiger partial charge in [0.15, 0.2) is 0 Å². The van der Waals surface area contributed by atoms with Crippen molar-refractivity contribution in [2.24, 2.45) is 0 Å². The van der Waals surface area contributed by atoms with Crippen LogP contribution in [0.15, 0.2) is 12.4 Å². The van der Waals surface area contributed by atoms with E-state index in [9.17, 15) is 4.79 Å². The summed E-state index contributed by atoms with van der Waals surface area (Å²) in [7, 11) is -0.455. The molecule has 156 valence electrons. The fraction of sp³-hybridized carbons (Fsp3) is 0.789. The van der Waals surface area contributed by atoms with E-state index in [4.69, 9.17) is 18.8 Å².